The van der Waals surface area contributed by atoms with Gasteiger partial charge in [-0.3, -0.25) is 0 Å². The molecule has 3 aromatic rings. The number of piperidine rings is 1. The molecule has 6 nitrogen and oxygen atoms in total. The van der Waals surface area contributed by atoms with Gasteiger partial charge in [-0.1, -0.05) is 19.1 Å². The number of rotatable bonds is 4. The van der Waals surface area contributed by atoms with Gasteiger partial charge in [-0.05, 0) is 55.2 Å². The number of hydrogen-bond donors (Lipinski definition) is 2. The highest BCUT2D eigenvalue weighted by atomic mass is 19.1. The summed E-state index contributed by atoms with van der Waals surface area (Å²) in [5, 5.41) is 13.7. The zero-order chi connectivity index (χ0) is 21.8. The van der Waals surface area contributed by atoms with Crippen molar-refractivity contribution in [1.29, 1.82) is 0 Å². The van der Waals surface area contributed by atoms with Gasteiger partial charge in [-0.2, -0.15) is 0 Å². The summed E-state index contributed by atoms with van der Waals surface area (Å²) in [6.45, 7) is 4.24. The van der Waals surface area contributed by atoms with Crippen LogP contribution in [0.25, 0.3) is 11.3 Å². The van der Waals surface area contributed by atoms with Gasteiger partial charge in [0.2, 0.25) is 0 Å². The summed E-state index contributed by atoms with van der Waals surface area (Å²) < 4.78 is 26.7. The Labute approximate surface area is 179 Å². The minimum absolute atomic E-state index is 0.108. The van der Waals surface area contributed by atoms with Crippen molar-refractivity contribution in [3.63, 3.8) is 0 Å². The Morgan fingerprint density at radius 1 is 1.00 bits per heavy atom. The molecule has 160 valence electrons. The van der Waals surface area contributed by atoms with Crippen molar-refractivity contribution < 1.29 is 13.6 Å². The number of benzene rings is 2. The van der Waals surface area contributed by atoms with E-state index in [1.807, 2.05) is 18.2 Å². The zero-order valence-electron chi connectivity index (χ0n) is 17.1. The number of nitrogens with zero attached hydrogens (tertiary/aromatic N) is 3. The first-order chi connectivity index (χ1) is 15.0. The smallest absolute Gasteiger partial charge is 0.323 e. The Morgan fingerprint density at radius 3 is 2.52 bits per heavy atom. The molecule has 0 radical (unpaired) electrons. The Bertz CT molecular complexity index is 1070. The summed E-state index contributed by atoms with van der Waals surface area (Å²) >= 11 is 0. The van der Waals surface area contributed by atoms with Crippen LogP contribution in [0.3, 0.4) is 0 Å². The number of hydrogen-bond acceptors (Lipinski definition) is 4. The largest absolute Gasteiger partial charge is 0.355 e. The van der Waals surface area contributed by atoms with Crippen molar-refractivity contribution in [3.05, 3.63) is 66.2 Å². The molecule has 31 heavy (non-hydrogen) atoms. The average Bonchev–Trinajstić information content (AvgIpc) is 2.77. The quantitative estimate of drug-likeness (QED) is 0.597. The first kappa shape index (κ1) is 20.7. The fourth-order valence-electron chi connectivity index (χ4n) is 3.52. The van der Waals surface area contributed by atoms with Crippen molar-refractivity contribution in [2.24, 2.45) is 5.92 Å². The zero-order valence-corrected chi connectivity index (χ0v) is 17.1. The maximum absolute atomic E-state index is 13.7. The molecule has 2 N–H and O–H groups in total. The molecule has 0 saturated carbocycles. The second-order valence-electron chi connectivity index (χ2n) is 7.73. The van der Waals surface area contributed by atoms with Gasteiger partial charge in [0.05, 0.1) is 11.4 Å². The summed E-state index contributed by atoms with van der Waals surface area (Å²) in [6, 6.07) is 13.3. The molecule has 1 fully saturated rings. The van der Waals surface area contributed by atoms with Crippen LogP contribution >= 0.6 is 0 Å². The van der Waals surface area contributed by atoms with Crippen molar-refractivity contribution >= 4 is 23.2 Å². The van der Waals surface area contributed by atoms with E-state index >= 15 is 0 Å². The molecule has 0 atom stereocenters. The third kappa shape index (κ3) is 5.14. The first-order valence-electron chi connectivity index (χ1n) is 10.2. The Hall–Kier alpha value is -3.55. The van der Waals surface area contributed by atoms with Crippen LogP contribution in [-0.4, -0.2) is 29.3 Å². The number of aromatic nitrogens is 2. The Morgan fingerprint density at radius 2 is 1.81 bits per heavy atom. The van der Waals surface area contributed by atoms with E-state index in [-0.39, 0.29) is 5.69 Å². The summed E-state index contributed by atoms with van der Waals surface area (Å²) in [7, 11) is 0. The molecule has 0 bridgehead atoms. The summed E-state index contributed by atoms with van der Waals surface area (Å²) in [5.74, 6) is 0.0571. The minimum Gasteiger partial charge on any atom is -0.355 e. The standard InChI is InChI=1S/C23H23F2N5O/c1-15-9-11-30(12-10-15)22-8-7-20(28-29-22)16-3-2-4-18(13-16)26-23(31)27-21-6-5-17(24)14-19(21)25/h2-8,13-15H,9-12H2,1H3,(H2,26,27,31). The van der Waals surface area contributed by atoms with Gasteiger partial charge >= 0.3 is 6.03 Å². The number of anilines is 3. The number of carbonyl (C=O) groups excluding carboxylic acids is 1. The molecule has 1 saturated heterocycles. The van der Waals surface area contributed by atoms with Crippen LogP contribution in [0.1, 0.15) is 19.8 Å². The van der Waals surface area contributed by atoms with E-state index in [0.717, 1.165) is 49.3 Å². The first-order valence-corrected chi connectivity index (χ1v) is 10.2. The normalized spacial score (nSPS) is 14.4. The van der Waals surface area contributed by atoms with Gasteiger partial charge < -0.3 is 15.5 Å². The molecule has 8 heteroatoms. The Kier molecular flexibility index (Phi) is 6.06. The molecular formula is C23H23F2N5O. The Balaban J connectivity index is 1.42. The molecule has 0 spiro atoms. The molecule has 1 aliphatic heterocycles. The number of nitrogens with one attached hydrogen (secondary N) is 2. The van der Waals surface area contributed by atoms with E-state index in [0.29, 0.717) is 17.4 Å². The van der Waals surface area contributed by atoms with Gasteiger partial charge in [0.15, 0.2) is 5.82 Å². The van der Waals surface area contributed by atoms with E-state index < -0.39 is 17.7 Å². The molecule has 4 rings (SSSR count). The highest BCUT2D eigenvalue weighted by molar-refractivity contribution is 6.00. The topological polar surface area (TPSA) is 70.2 Å². The van der Waals surface area contributed by atoms with Gasteiger partial charge in [0, 0.05) is 30.4 Å². The summed E-state index contributed by atoms with van der Waals surface area (Å²) in [6.07, 6.45) is 2.31. The molecule has 1 aliphatic rings. The second kappa shape index (κ2) is 9.07. The van der Waals surface area contributed by atoms with Crippen LogP contribution in [0, 0.1) is 17.6 Å². The molecule has 0 unspecified atom stereocenters. The lowest BCUT2D eigenvalue weighted by atomic mass is 9.99. The van der Waals surface area contributed by atoms with Gasteiger partial charge in [-0.15, -0.1) is 10.2 Å². The van der Waals surface area contributed by atoms with E-state index in [2.05, 4.69) is 32.7 Å². The van der Waals surface area contributed by atoms with Crippen molar-refractivity contribution in [3.8, 4) is 11.3 Å². The summed E-state index contributed by atoms with van der Waals surface area (Å²) in [4.78, 5) is 14.4. The number of carbonyl (C=O) groups is 1. The maximum Gasteiger partial charge on any atom is 0.323 e. The predicted octanol–water partition coefficient (Wildman–Crippen LogP) is 5.30. The van der Waals surface area contributed by atoms with E-state index in [4.69, 9.17) is 0 Å². The summed E-state index contributed by atoms with van der Waals surface area (Å²) in [5.41, 5.74) is 1.87. The average molecular weight is 423 g/mol. The van der Waals surface area contributed by atoms with Crippen LogP contribution in [-0.2, 0) is 0 Å². The third-order valence-corrected chi connectivity index (χ3v) is 5.35. The van der Waals surface area contributed by atoms with Crippen LogP contribution in [0.2, 0.25) is 0 Å². The minimum atomic E-state index is -0.845. The molecule has 2 amide bonds. The van der Waals surface area contributed by atoms with Crippen LogP contribution in [0.15, 0.2) is 54.6 Å². The number of urea groups is 1. The lowest BCUT2D eigenvalue weighted by molar-refractivity contribution is 0.262. The fraction of sp³-hybridized carbons (Fsp3) is 0.261. The fourth-order valence-corrected chi connectivity index (χ4v) is 3.52. The van der Waals surface area contributed by atoms with Gasteiger partial charge in [-0.25, -0.2) is 13.6 Å². The lowest BCUT2D eigenvalue weighted by Gasteiger charge is -2.30. The van der Waals surface area contributed by atoms with E-state index in [9.17, 15) is 13.6 Å². The molecule has 1 aromatic heterocycles. The van der Waals surface area contributed by atoms with Gasteiger partial charge in [0.25, 0.3) is 0 Å². The second-order valence-corrected chi connectivity index (χ2v) is 7.73. The number of halogens is 2. The molecule has 2 heterocycles. The van der Waals surface area contributed by atoms with Crippen molar-refractivity contribution in [2.45, 2.75) is 19.8 Å². The highest BCUT2D eigenvalue weighted by Crippen LogP contribution is 2.24. The van der Waals surface area contributed by atoms with Crippen LogP contribution < -0.4 is 15.5 Å². The molecule has 2 aromatic carbocycles. The maximum atomic E-state index is 13.7. The highest BCUT2D eigenvalue weighted by Gasteiger charge is 2.17. The van der Waals surface area contributed by atoms with E-state index in [1.165, 1.54) is 6.07 Å². The SMILES string of the molecule is CC1CCN(c2ccc(-c3cccc(NC(=O)Nc4ccc(F)cc4F)c3)nn2)CC1. The van der Waals surface area contributed by atoms with Crippen molar-refractivity contribution in [1.82, 2.24) is 10.2 Å². The predicted molar refractivity (Wildman–Crippen MR) is 117 cm³/mol. The van der Waals surface area contributed by atoms with Crippen molar-refractivity contribution in [2.75, 3.05) is 28.6 Å². The number of amides is 2. The van der Waals surface area contributed by atoms with E-state index in [1.54, 1.807) is 18.2 Å². The third-order valence-electron chi connectivity index (χ3n) is 5.35. The van der Waals surface area contributed by atoms with Crippen LogP contribution in [0.4, 0.5) is 30.8 Å². The van der Waals surface area contributed by atoms with Crippen LogP contribution in [0.5, 0.6) is 0 Å². The molecular weight excluding hydrogens is 400 g/mol. The monoisotopic (exact) mass is 423 g/mol. The van der Waals surface area contributed by atoms with Gasteiger partial charge in [0.1, 0.15) is 11.6 Å². The molecule has 0 aliphatic carbocycles. The lowest BCUT2D eigenvalue weighted by Crippen LogP contribution is -2.33.